The van der Waals surface area contributed by atoms with Crippen LogP contribution in [-0.2, 0) is 4.79 Å². The van der Waals surface area contributed by atoms with Crippen molar-refractivity contribution in [3.8, 4) is 0 Å². The number of hydrogen-bond acceptors (Lipinski definition) is 4. The molecule has 0 bridgehead atoms. The first-order valence-corrected chi connectivity index (χ1v) is 9.04. The summed E-state index contributed by atoms with van der Waals surface area (Å²) < 4.78 is 5.24. The van der Waals surface area contributed by atoms with Crippen LogP contribution in [0, 0.1) is 12.8 Å². The maximum Gasteiger partial charge on any atom is 0.226 e. The molecule has 1 amide bonds. The lowest BCUT2D eigenvalue weighted by Gasteiger charge is -2.40. The fourth-order valence-electron chi connectivity index (χ4n) is 3.94. The molecule has 1 atom stereocenters. The maximum absolute atomic E-state index is 13.1. The summed E-state index contributed by atoms with van der Waals surface area (Å²) in [5.41, 5.74) is 0.926. The van der Waals surface area contributed by atoms with Crippen LogP contribution < -0.4 is 0 Å². The van der Waals surface area contributed by atoms with Gasteiger partial charge in [0.1, 0.15) is 11.5 Å². The normalized spacial score (nSPS) is 24.3. The molecule has 23 heavy (non-hydrogen) atoms. The summed E-state index contributed by atoms with van der Waals surface area (Å²) in [6.45, 7) is 9.31. The van der Waals surface area contributed by atoms with E-state index in [1.54, 1.807) is 0 Å². The van der Waals surface area contributed by atoms with Crippen molar-refractivity contribution in [2.24, 2.45) is 5.92 Å². The number of piperidine rings is 2. The fourth-order valence-corrected chi connectivity index (χ4v) is 3.94. The van der Waals surface area contributed by atoms with Crippen LogP contribution in [0.3, 0.4) is 0 Å². The quantitative estimate of drug-likeness (QED) is 0.859. The summed E-state index contributed by atoms with van der Waals surface area (Å²) in [6, 6.07) is 2.67. The Kier molecular flexibility index (Phi) is 5.05. The molecule has 0 aliphatic carbocycles. The van der Waals surface area contributed by atoms with Gasteiger partial charge in [0.25, 0.3) is 0 Å². The van der Waals surface area contributed by atoms with Crippen LogP contribution in [0.4, 0.5) is 0 Å². The third kappa shape index (κ3) is 3.60. The molecule has 0 saturated carbocycles. The summed E-state index contributed by atoms with van der Waals surface area (Å²) in [5.74, 6) is 1.33. The van der Waals surface area contributed by atoms with Gasteiger partial charge in [-0.2, -0.15) is 0 Å². The second kappa shape index (κ2) is 7.04. The minimum absolute atomic E-state index is 0.108. The Morgan fingerprint density at radius 1 is 1.22 bits per heavy atom. The molecule has 5 heteroatoms. The number of amides is 1. The molecule has 1 aromatic rings. The van der Waals surface area contributed by atoms with E-state index in [0.717, 1.165) is 63.2 Å². The highest BCUT2D eigenvalue weighted by molar-refractivity contribution is 5.79. The number of likely N-dealkylation sites (tertiary alicyclic amines) is 2. The summed E-state index contributed by atoms with van der Waals surface area (Å²) in [6.07, 6.45) is 5.23. The first-order valence-electron chi connectivity index (χ1n) is 9.04. The molecule has 0 N–H and O–H groups in total. The SMILES string of the molecule is Cc1cc([C@H]2CCCCN2C(=O)C2CCN(C(C)C)CC2)no1. The Morgan fingerprint density at radius 3 is 2.57 bits per heavy atom. The van der Waals surface area contributed by atoms with Crippen molar-refractivity contribution in [3.63, 3.8) is 0 Å². The van der Waals surface area contributed by atoms with Gasteiger partial charge in [0, 0.05) is 24.6 Å². The summed E-state index contributed by atoms with van der Waals surface area (Å²) in [7, 11) is 0. The summed E-state index contributed by atoms with van der Waals surface area (Å²) in [5, 5.41) is 4.18. The molecule has 2 aliphatic rings. The fraction of sp³-hybridized carbons (Fsp3) is 0.778. The van der Waals surface area contributed by atoms with Gasteiger partial charge in [-0.05, 0) is 66.0 Å². The van der Waals surface area contributed by atoms with Gasteiger partial charge in [0.05, 0.1) is 6.04 Å². The number of rotatable bonds is 3. The van der Waals surface area contributed by atoms with E-state index in [1.165, 1.54) is 0 Å². The van der Waals surface area contributed by atoms with Crippen molar-refractivity contribution in [1.82, 2.24) is 15.0 Å². The second-order valence-electron chi connectivity index (χ2n) is 7.31. The smallest absolute Gasteiger partial charge is 0.226 e. The molecule has 0 spiro atoms. The first-order chi connectivity index (χ1) is 11.1. The molecule has 0 radical (unpaired) electrons. The Hall–Kier alpha value is -1.36. The highest BCUT2D eigenvalue weighted by Crippen LogP contribution is 2.33. The molecule has 128 valence electrons. The van der Waals surface area contributed by atoms with Crippen LogP contribution in [0.15, 0.2) is 10.6 Å². The predicted molar refractivity (Wildman–Crippen MR) is 89.0 cm³/mol. The lowest BCUT2D eigenvalue weighted by atomic mass is 9.91. The monoisotopic (exact) mass is 319 g/mol. The van der Waals surface area contributed by atoms with Crippen LogP contribution in [-0.4, -0.2) is 46.5 Å². The molecule has 3 heterocycles. The third-order valence-electron chi connectivity index (χ3n) is 5.38. The molecule has 3 rings (SSSR count). The van der Waals surface area contributed by atoms with Crippen LogP contribution in [0.2, 0.25) is 0 Å². The minimum atomic E-state index is 0.108. The van der Waals surface area contributed by atoms with Gasteiger partial charge in [-0.15, -0.1) is 0 Å². The summed E-state index contributed by atoms with van der Waals surface area (Å²) in [4.78, 5) is 17.6. The van der Waals surface area contributed by atoms with E-state index in [0.29, 0.717) is 11.9 Å². The van der Waals surface area contributed by atoms with E-state index >= 15 is 0 Å². The van der Waals surface area contributed by atoms with Gasteiger partial charge >= 0.3 is 0 Å². The van der Waals surface area contributed by atoms with E-state index in [4.69, 9.17) is 4.52 Å². The van der Waals surface area contributed by atoms with Crippen molar-refractivity contribution >= 4 is 5.91 Å². The number of carbonyl (C=O) groups is 1. The van der Waals surface area contributed by atoms with Crippen LogP contribution >= 0.6 is 0 Å². The van der Waals surface area contributed by atoms with E-state index in [2.05, 4.69) is 28.8 Å². The zero-order valence-electron chi connectivity index (χ0n) is 14.6. The zero-order valence-corrected chi connectivity index (χ0v) is 14.6. The summed E-state index contributed by atoms with van der Waals surface area (Å²) >= 11 is 0. The number of aryl methyl sites for hydroxylation is 1. The average molecular weight is 319 g/mol. The van der Waals surface area contributed by atoms with E-state index < -0.39 is 0 Å². The van der Waals surface area contributed by atoms with Gasteiger partial charge in [-0.1, -0.05) is 5.16 Å². The van der Waals surface area contributed by atoms with E-state index in [9.17, 15) is 4.79 Å². The number of hydrogen-bond donors (Lipinski definition) is 0. The largest absolute Gasteiger partial charge is 0.361 e. The molecule has 1 aromatic heterocycles. The van der Waals surface area contributed by atoms with E-state index in [-0.39, 0.29) is 12.0 Å². The molecule has 2 aliphatic heterocycles. The molecule has 0 aromatic carbocycles. The Bertz CT molecular complexity index is 532. The number of nitrogens with zero attached hydrogens (tertiary/aromatic N) is 3. The van der Waals surface area contributed by atoms with Crippen LogP contribution in [0.1, 0.15) is 63.4 Å². The molecular formula is C18H29N3O2. The highest BCUT2D eigenvalue weighted by atomic mass is 16.5. The van der Waals surface area contributed by atoms with Crippen molar-refractivity contribution < 1.29 is 9.32 Å². The van der Waals surface area contributed by atoms with Crippen molar-refractivity contribution in [2.75, 3.05) is 19.6 Å². The third-order valence-corrected chi connectivity index (χ3v) is 5.38. The number of aromatic nitrogens is 1. The molecule has 5 nitrogen and oxygen atoms in total. The second-order valence-corrected chi connectivity index (χ2v) is 7.31. The van der Waals surface area contributed by atoms with Gasteiger partial charge in [-0.25, -0.2) is 0 Å². The molecular weight excluding hydrogens is 290 g/mol. The van der Waals surface area contributed by atoms with E-state index in [1.807, 2.05) is 13.0 Å². The lowest BCUT2D eigenvalue weighted by molar-refractivity contribution is -0.141. The molecule has 2 fully saturated rings. The van der Waals surface area contributed by atoms with Gasteiger partial charge in [0.2, 0.25) is 5.91 Å². The standard InChI is InChI=1S/C18H29N3O2/c1-13(2)20-10-7-15(8-11-20)18(22)21-9-5-4-6-17(21)16-12-14(3)23-19-16/h12-13,15,17H,4-11H2,1-3H3/t17-/m1/s1. The van der Waals surface area contributed by atoms with Crippen LogP contribution in [0.25, 0.3) is 0 Å². The highest BCUT2D eigenvalue weighted by Gasteiger charge is 2.35. The van der Waals surface area contributed by atoms with Crippen molar-refractivity contribution in [2.45, 2.75) is 65.0 Å². The van der Waals surface area contributed by atoms with Gasteiger partial charge in [0.15, 0.2) is 0 Å². The minimum Gasteiger partial charge on any atom is -0.361 e. The Morgan fingerprint density at radius 2 is 1.96 bits per heavy atom. The zero-order chi connectivity index (χ0) is 16.4. The maximum atomic E-state index is 13.1. The average Bonchev–Trinajstić information content (AvgIpc) is 3.00. The number of carbonyl (C=O) groups excluding carboxylic acids is 1. The Balaban J connectivity index is 1.67. The van der Waals surface area contributed by atoms with Gasteiger partial charge in [-0.3, -0.25) is 4.79 Å². The molecule has 0 unspecified atom stereocenters. The lowest BCUT2D eigenvalue weighted by Crippen LogP contribution is -2.46. The Labute approximate surface area is 139 Å². The van der Waals surface area contributed by atoms with Crippen molar-refractivity contribution in [1.29, 1.82) is 0 Å². The topological polar surface area (TPSA) is 49.6 Å². The molecule has 2 saturated heterocycles. The van der Waals surface area contributed by atoms with Crippen molar-refractivity contribution in [3.05, 3.63) is 17.5 Å². The predicted octanol–water partition coefficient (Wildman–Crippen LogP) is 3.16. The first kappa shape index (κ1) is 16.5. The van der Waals surface area contributed by atoms with Gasteiger partial charge < -0.3 is 14.3 Å². The van der Waals surface area contributed by atoms with Crippen LogP contribution in [0.5, 0.6) is 0 Å².